The van der Waals surface area contributed by atoms with Crippen molar-refractivity contribution in [1.29, 1.82) is 0 Å². The van der Waals surface area contributed by atoms with E-state index in [2.05, 4.69) is 51.5 Å². The molecule has 5 heteroatoms. The maximum atomic E-state index is 12.4. The number of amides is 1. The fourth-order valence-corrected chi connectivity index (χ4v) is 2.42. The molecule has 3 aromatic rings. The molecule has 1 aromatic carbocycles. The molecular formula is C19H18N4O. The van der Waals surface area contributed by atoms with Gasteiger partial charge in [-0.05, 0) is 31.0 Å². The number of pyridine rings is 1. The minimum atomic E-state index is -0.258. The molecule has 0 aliphatic rings. The second-order valence-corrected chi connectivity index (χ2v) is 5.56. The van der Waals surface area contributed by atoms with E-state index >= 15 is 0 Å². The first kappa shape index (κ1) is 15.8. The van der Waals surface area contributed by atoms with Gasteiger partial charge < -0.3 is 5.32 Å². The molecule has 0 bridgehead atoms. The highest BCUT2D eigenvalue weighted by Gasteiger charge is 2.18. The topological polar surface area (TPSA) is 67.8 Å². The van der Waals surface area contributed by atoms with Crippen LogP contribution in [0, 0.1) is 6.92 Å². The van der Waals surface area contributed by atoms with Crippen LogP contribution < -0.4 is 5.32 Å². The minimum absolute atomic E-state index is 0.233. The van der Waals surface area contributed by atoms with Crippen molar-refractivity contribution in [2.45, 2.75) is 19.4 Å². The Kier molecular flexibility index (Phi) is 4.91. The van der Waals surface area contributed by atoms with Crippen LogP contribution in [0.3, 0.4) is 0 Å². The lowest BCUT2D eigenvalue weighted by molar-refractivity contribution is 0.0930. The number of aromatic nitrogens is 3. The first-order valence-electron chi connectivity index (χ1n) is 7.76. The van der Waals surface area contributed by atoms with Gasteiger partial charge >= 0.3 is 0 Å². The maximum Gasteiger partial charge on any atom is 0.272 e. The van der Waals surface area contributed by atoms with E-state index in [-0.39, 0.29) is 11.9 Å². The summed E-state index contributed by atoms with van der Waals surface area (Å²) in [6, 6.07) is 13.7. The number of hydrogen-bond donors (Lipinski definition) is 1. The van der Waals surface area contributed by atoms with Crippen molar-refractivity contribution in [1.82, 2.24) is 20.3 Å². The fourth-order valence-electron chi connectivity index (χ4n) is 2.42. The molecule has 120 valence electrons. The summed E-state index contributed by atoms with van der Waals surface area (Å²) in [4.78, 5) is 24.8. The molecule has 0 aliphatic carbocycles. The number of carbonyl (C=O) groups excluding carboxylic acids is 1. The minimum Gasteiger partial charge on any atom is -0.342 e. The number of nitrogens with one attached hydrogen (secondary N) is 1. The van der Waals surface area contributed by atoms with Crippen molar-refractivity contribution in [3.05, 3.63) is 89.8 Å². The van der Waals surface area contributed by atoms with Gasteiger partial charge in [0.2, 0.25) is 0 Å². The van der Waals surface area contributed by atoms with Gasteiger partial charge in [0.25, 0.3) is 5.91 Å². The van der Waals surface area contributed by atoms with Crippen LogP contribution in [0.2, 0.25) is 0 Å². The van der Waals surface area contributed by atoms with E-state index < -0.39 is 0 Å². The normalized spacial score (nSPS) is 11.7. The molecule has 5 nitrogen and oxygen atoms in total. The van der Waals surface area contributed by atoms with Crippen LogP contribution in [0.1, 0.15) is 33.4 Å². The number of benzene rings is 1. The SMILES string of the molecule is Cc1ccc(CC(NC(=O)c2cnccn2)c2ccccn2)cc1. The lowest BCUT2D eigenvalue weighted by Gasteiger charge is -2.18. The molecule has 0 saturated heterocycles. The Balaban J connectivity index is 1.82. The molecule has 0 aliphatic heterocycles. The molecule has 1 N–H and O–H groups in total. The molecule has 1 unspecified atom stereocenters. The average molecular weight is 318 g/mol. The molecule has 24 heavy (non-hydrogen) atoms. The number of hydrogen-bond acceptors (Lipinski definition) is 4. The Morgan fingerprint density at radius 2 is 1.88 bits per heavy atom. The summed E-state index contributed by atoms with van der Waals surface area (Å²) in [7, 11) is 0. The molecule has 0 spiro atoms. The largest absolute Gasteiger partial charge is 0.342 e. The van der Waals surface area contributed by atoms with Crippen molar-refractivity contribution < 1.29 is 4.79 Å². The van der Waals surface area contributed by atoms with Crippen molar-refractivity contribution in [3.8, 4) is 0 Å². The quantitative estimate of drug-likeness (QED) is 0.785. The van der Waals surface area contributed by atoms with E-state index in [9.17, 15) is 4.79 Å². The zero-order valence-corrected chi connectivity index (χ0v) is 13.4. The van der Waals surface area contributed by atoms with Crippen LogP contribution in [-0.2, 0) is 6.42 Å². The highest BCUT2D eigenvalue weighted by atomic mass is 16.1. The number of nitrogens with zero attached hydrogens (tertiary/aromatic N) is 3. The number of carbonyl (C=O) groups is 1. The predicted octanol–water partition coefficient (Wildman–Crippen LogP) is 2.89. The van der Waals surface area contributed by atoms with E-state index in [4.69, 9.17) is 0 Å². The summed E-state index contributed by atoms with van der Waals surface area (Å²) < 4.78 is 0. The Labute approximate surface area is 140 Å². The van der Waals surface area contributed by atoms with Gasteiger partial charge in [0.1, 0.15) is 5.69 Å². The van der Waals surface area contributed by atoms with E-state index in [0.717, 1.165) is 11.3 Å². The molecule has 0 radical (unpaired) electrons. The van der Waals surface area contributed by atoms with Gasteiger partial charge in [-0.25, -0.2) is 4.98 Å². The van der Waals surface area contributed by atoms with Crippen molar-refractivity contribution >= 4 is 5.91 Å². The van der Waals surface area contributed by atoms with Gasteiger partial charge in [0.05, 0.1) is 17.9 Å². The van der Waals surface area contributed by atoms with Crippen LogP contribution in [0.25, 0.3) is 0 Å². The molecule has 2 aromatic heterocycles. The molecular weight excluding hydrogens is 300 g/mol. The Hall–Kier alpha value is -3.08. The van der Waals surface area contributed by atoms with Crippen LogP contribution in [0.15, 0.2) is 67.3 Å². The Morgan fingerprint density at radius 3 is 2.54 bits per heavy atom. The number of aryl methyl sites for hydroxylation is 1. The molecule has 2 heterocycles. The summed E-state index contributed by atoms with van der Waals surface area (Å²) in [5.41, 5.74) is 3.45. The molecule has 3 rings (SSSR count). The van der Waals surface area contributed by atoms with Gasteiger partial charge in [-0.3, -0.25) is 14.8 Å². The van der Waals surface area contributed by atoms with Crippen molar-refractivity contribution in [2.24, 2.45) is 0 Å². The lowest BCUT2D eigenvalue weighted by Crippen LogP contribution is -2.31. The van der Waals surface area contributed by atoms with Gasteiger partial charge in [0.15, 0.2) is 0 Å². The van der Waals surface area contributed by atoms with Gasteiger partial charge in [0, 0.05) is 18.6 Å². The van der Waals surface area contributed by atoms with E-state index in [1.807, 2.05) is 18.2 Å². The van der Waals surface area contributed by atoms with Crippen LogP contribution in [-0.4, -0.2) is 20.9 Å². The third-order valence-corrected chi connectivity index (χ3v) is 3.71. The summed E-state index contributed by atoms with van der Waals surface area (Å²) in [5, 5.41) is 3.01. The zero-order valence-electron chi connectivity index (χ0n) is 13.4. The first-order chi connectivity index (χ1) is 11.7. The van der Waals surface area contributed by atoms with Crippen LogP contribution in [0.4, 0.5) is 0 Å². The van der Waals surface area contributed by atoms with Crippen molar-refractivity contribution in [3.63, 3.8) is 0 Å². The second kappa shape index (κ2) is 7.46. The standard InChI is InChI=1S/C19H18N4O/c1-14-5-7-15(8-6-14)12-17(16-4-2-3-9-21-16)23-19(24)18-13-20-10-11-22-18/h2-11,13,17H,12H2,1H3,(H,23,24). The molecule has 0 fully saturated rings. The third-order valence-electron chi connectivity index (χ3n) is 3.71. The van der Waals surface area contributed by atoms with Gasteiger partial charge in [-0.2, -0.15) is 0 Å². The van der Waals surface area contributed by atoms with Gasteiger partial charge in [-0.15, -0.1) is 0 Å². The van der Waals surface area contributed by atoms with Crippen LogP contribution in [0.5, 0.6) is 0 Å². The summed E-state index contributed by atoms with van der Waals surface area (Å²) in [5.74, 6) is -0.258. The molecule has 1 amide bonds. The zero-order chi connectivity index (χ0) is 16.8. The summed E-state index contributed by atoms with van der Waals surface area (Å²) in [6.07, 6.45) is 6.88. The predicted molar refractivity (Wildman–Crippen MR) is 91.4 cm³/mol. The highest BCUT2D eigenvalue weighted by Crippen LogP contribution is 2.17. The number of rotatable bonds is 5. The second-order valence-electron chi connectivity index (χ2n) is 5.56. The third kappa shape index (κ3) is 4.01. The smallest absolute Gasteiger partial charge is 0.272 e. The summed E-state index contributed by atoms with van der Waals surface area (Å²) in [6.45, 7) is 2.05. The molecule has 1 atom stereocenters. The lowest BCUT2D eigenvalue weighted by atomic mass is 10.0. The first-order valence-corrected chi connectivity index (χ1v) is 7.76. The highest BCUT2D eigenvalue weighted by molar-refractivity contribution is 5.92. The maximum absolute atomic E-state index is 12.4. The monoisotopic (exact) mass is 318 g/mol. The summed E-state index contributed by atoms with van der Waals surface area (Å²) >= 11 is 0. The van der Waals surface area contributed by atoms with E-state index in [0.29, 0.717) is 12.1 Å². The van der Waals surface area contributed by atoms with Crippen molar-refractivity contribution in [2.75, 3.05) is 0 Å². The fraction of sp³-hybridized carbons (Fsp3) is 0.158. The van der Waals surface area contributed by atoms with Crippen LogP contribution >= 0.6 is 0 Å². The van der Waals surface area contributed by atoms with E-state index in [1.54, 1.807) is 12.4 Å². The molecule has 0 saturated carbocycles. The Bertz CT molecular complexity index is 789. The average Bonchev–Trinajstić information content (AvgIpc) is 2.64. The van der Waals surface area contributed by atoms with Gasteiger partial charge in [-0.1, -0.05) is 35.9 Å². The van der Waals surface area contributed by atoms with E-state index in [1.165, 1.54) is 18.0 Å². The Morgan fingerprint density at radius 1 is 1.04 bits per heavy atom.